The van der Waals surface area contributed by atoms with Gasteiger partial charge in [-0.15, -0.1) is 0 Å². The molecule has 138 valence electrons. The second-order valence-corrected chi connectivity index (χ2v) is 6.51. The van der Waals surface area contributed by atoms with Crippen molar-refractivity contribution >= 4 is 6.03 Å². The summed E-state index contributed by atoms with van der Waals surface area (Å²) in [4.78, 5) is 16.3. The third-order valence-electron chi connectivity index (χ3n) is 4.49. The first kappa shape index (κ1) is 18.5. The van der Waals surface area contributed by atoms with Gasteiger partial charge in [-0.25, -0.2) is 4.79 Å². The lowest BCUT2D eigenvalue weighted by molar-refractivity contribution is 0.235. The van der Waals surface area contributed by atoms with Gasteiger partial charge in [-0.05, 0) is 60.4 Å². The predicted octanol–water partition coefficient (Wildman–Crippen LogP) is 4.58. The van der Waals surface area contributed by atoms with Crippen LogP contribution in [-0.4, -0.2) is 16.1 Å². The molecule has 3 aromatic rings. The average molecular weight is 361 g/mol. The fourth-order valence-corrected chi connectivity index (χ4v) is 2.90. The van der Waals surface area contributed by atoms with Gasteiger partial charge in [0.1, 0.15) is 5.75 Å². The molecule has 0 spiro atoms. The Morgan fingerprint density at radius 2 is 1.44 bits per heavy atom. The molecule has 5 heteroatoms. The zero-order chi connectivity index (χ0) is 19.2. The molecular weight excluding hydrogens is 338 g/mol. The number of rotatable bonds is 5. The molecule has 2 aromatic carbocycles. The van der Waals surface area contributed by atoms with Gasteiger partial charge in [0.2, 0.25) is 0 Å². The maximum Gasteiger partial charge on any atom is 0.315 e. The Bertz CT molecular complexity index is 895. The first-order valence-electron chi connectivity index (χ1n) is 8.89. The number of aromatic hydroxyl groups is 1. The zero-order valence-corrected chi connectivity index (χ0v) is 15.4. The lowest BCUT2D eigenvalue weighted by Gasteiger charge is -2.19. The molecule has 0 bridgehead atoms. The molecule has 1 aromatic heterocycles. The molecular formula is C22H23N3O2. The van der Waals surface area contributed by atoms with E-state index in [9.17, 15) is 9.90 Å². The Morgan fingerprint density at radius 3 is 2.07 bits per heavy atom. The highest BCUT2D eigenvalue weighted by molar-refractivity contribution is 5.75. The van der Waals surface area contributed by atoms with Gasteiger partial charge >= 0.3 is 6.03 Å². The van der Waals surface area contributed by atoms with Crippen molar-refractivity contribution in [2.75, 3.05) is 0 Å². The molecule has 0 radical (unpaired) electrons. The standard InChI is InChI=1S/C22H23N3O2/c1-15(17-6-8-18(9-7-17)19-10-12-23-13-11-19)24-22(27)25-16(2)20-4-3-5-21(26)14-20/h3-16,26H,1-2H3,(H2,24,25,27)/t15?,16-/m1/s1. The summed E-state index contributed by atoms with van der Waals surface area (Å²) in [5, 5.41) is 15.4. The minimum atomic E-state index is -0.253. The van der Waals surface area contributed by atoms with E-state index in [0.717, 1.165) is 22.3 Å². The molecule has 0 fully saturated rings. The van der Waals surface area contributed by atoms with Crippen LogP contribution < -0.4 is 10.6 Å². The first-order valence-corrected chi connectivity index (χ1v) is 8.89. The molecule has 1 heterocycles. The number of carbonyl (C=O) groups is 1. The van der Waals surface area contributed by atoms with E-state index >= 15 is 0 Å². The number of hydrogen-bond donors (Lipinski definition) is 3. The summed E-state index contributed by atoms with van der Waals surface area (Å²) in [6.07, 6.45) is 3.54. The first-order chi connectivity index (χ1) is 13.0. The number of carbonyl (C=O) groups excluding carboxylic acids is 1. The number of amides is 2. The molecule has 5 nitrogen and oxygen atoms in total. The van der Waals surface area contributed by atoms with Crippen LogP contribution in [0.2, 0.25) is 0 Å². The number of phenolic OH excluding ortho intramolecular Hbond substituents is 1. The Kier molecular flexibility index (Phi) is 5.71. The predicted molar refractivity (Wildman–Crippen MR) is 106 cm³/mol. The molecule has 0 aliphatic rings. The Balaban J connectivity index is 1.59. The maximum absolute atomic E-state index is 12.3. The number of urea groups is 1. The van der Waals surface area contributed by atoms with Crippen molar-refractivity contribution in [3.05, 3.63) is 84.2 Å². The van der Waals surface area contributed by atoms with E-state index in [1.54, 1.807) is 30.6 Å². The van der Waals surface area contributed by atoms with E-state index in [1.807, 2.05) is 56.3 Å². The smallest absolute Gasteiger partial charge is 0.315 e. The van der Waals surface area contributed by atoms with Crippen LogP contribution in [0.3, 0.4) is 0 Å². The number of hydrogen-bond acceptors (Lipinski definition) is 3. The molecule has 2 atom stereocenters. The fraction of sp³-hybridized carbons (Fsp3) is 0.182. The summed E-state index contributed by atoms with van der Waals surface area (Å²) in [5.41, 5.74) is 4.08. The van der Waals surface area contributed by atoms with Crippen LogP contribution in [0.25, 0.3) is 11.1 Å². The summed E-state index contributed by atoms with van der Waals surface area (Å²) in [7, 11) is 0. The molecule has 3 rings (SSSR count). The molecule has 27 heavy (non-hydrogen) atoms. The van der Waals surface area contributed by atoms with Crippen LogP contribution in [0, 0.1) is 0 Å². The second-order valence-electron chi connectivity index (χ2n) is 6.51. The number of nitrogens with one attached hydrogen (secondary N) is 2. The van der Waals surface area contributed by atoms with Gasteiger partial charge in [0.25, 0.3) is 0 Å². The van der Waals surface area contributed by atoms with Crippen molar-refractivity contribution in [1.82, 2.24) is 15.6 Å². The monoisotopic (exact) mass is 361 g/mol. The second kappa shape index (κ2) is 8.36. The number of nitrogens with zero attached hydrogens (tertiary/aromatic N) is 1. The summed E-state index contributed by atoms with van der Waals surface area (Å²) < 4.78 is 0. The van der Waals surface area contributed by atoms with Crippen molar-refractivity contribution in [3.63, 3.8) is 0 Å². The van der Waals surface area contributed by atoms with Gasteiger partial charge in [0.05, 0.1) is 12.1 Å². The van der Waals surface area contributed by atoms with Crippen LogP contribution in [0.5, 0.6) is 5.75 Å². The maximum atomic E-state index is 12.3. The number of benzene rings is 2. The third-order valence-corrected chi connectivity index (χ3v) is 4.49. The van der Waals surface area contributed by atoms with E-state index in [1.165, 1.54) is 0 Å². The van der Waals surface area contributed by atoms with E-state index < -0.39 is 0 Å². The zero-order valence-electron chi connectivity index (χ0n) is 15.4. The van der Waals surface area contributed by atoms with Crippen molar-refractivity contribution < 1.29 is 9.90 Å². The summed E-state index contributed by atoms with van der Waals surface area (Å²) in [5.74, 6) is 0.184. The highest BCUT2D eigenvalue weighted by Crippen LogP contribution is 2.22. The van der Waals surface area contributed by atoms with Gasteiger partial charge in [0, 0.05) is 12.4 Å². The summed E-state index contributed by atoms with van der Waals surface area (Å²) in [6, 6.07) is 18.3. The average Bonchev–Trinajstić information content (AvgIpc) is 2.68. The van der Waals surface area contributed by atoms with Crippen molar-refractivity contribution in [3.8, 4) is 16.9 Å². The SMILES string of the molecule is CC(NC(=O)N[C@H](C)c1cccc(O)c1)c1ccc(-c2ccncc2)cc1. The van der Waals surface area contributed by atoms with Crippen molar-refractivity contribution in [1.29, 1.82) is 0 Å². The number of pyridine rings is 1. The Morgan fingerprint density at radius 1 is 0.852 bits per heavy atom. The quantitative estimate of drug-likeness (QED) is 0.623. The lowest BCUT2D eigenvalue weighted by Crippen LogP contribution is -2.38. The molecule has 1 unspecified atom stereocenters. The van der Waals surface area contributed by atoms with Crippen LogP contribution >= 0.6 is 0 Å². The summed E-state index contributed by atoms with van der Waals surface area (Å²) in [6.45, 7) is 3.82. The van der Waals surface area contributed by atoms with Gasteiger partial charge in [-0.3, -0.25) is 4.98 Å². The van der Waals surface area contributed by atoms with E-state index in [4.69, 9.17) is 0 Å². The third kappa shape index (κ3) is 4.85. The van der Waals surface area contributed by atoms with Crippen LogP contribution in [0.15, 0.2) is 73.1 Å². The summed E-state index contributed by atoms with van der Waals surface area (Å²) >= 11 is 0. The van der Waals surface area contributed by atoms with E-state index in [2.05, 4.69) is 15.6 Å². The largest absolute Gasteiger partial charge is 0.508 e. The highest BCUT2D eigenvalue weighted by Gasteiger charge is 2.13. The normalized spacial score (nSPS) is 12.8. The molecule has 0 aliphatic carbocycles. The van der Waals surface area contributed by atoms with Crippen LogP contribution in [0.1, 0.15) is 37.1 Å². The molecule has 0 saturated heterocycles. The minimum absolute atomic E-state index is 0.132. The Labute approximate surface area is 159 Å². The van der Waals surface area contributed by atoms with E-state index in [0.29, 0.717) is 0 Å². The van der Waals surface area contributed by atoms with Crippen LogP contribution in [0.4, 0.5) is 4.79 Å². The molecule has 2 amide bonds. The van der Waals surface area contributed by atoms with Crippen molar-refractivity contribution in [2.24, 2.45) is 0 Å². The molecule has 0 aliphatic heterocycles. The van der Waals surface area contributed by atoms with Crippen molar-refractivity contribution in [2.45, 2.75) is 25.9 Å². The molecule has 3 N–H and O–H groups in total. The topological polar surface area (TPSA) is 74.2 Å². The van der Waals surface area contributed by atoms with Gasteiger partial charge in [-0.1, -0.05) is 36.4 Å². The highest BCUT2D eigenvalue weighted by atomic mass is 16.3. The minimum Gasteiger partial charge on any atom is -0.508 e. The lowest BCUT2D eigenvalue weighted by atomic mass is 10.0. The Hall–Kier alpha value is -3.34. The van der Waals surface area contributed by atoms with E-state index in [-0.39, 0.29) is 23.9 Å². The van der Waals surface area contributed by atoms with Gasteiger partial charge in [-0.2, -0.15) is 0 Å². The molecule has 0 saturated carbocycles. The van der Waals surface area contributed by atoms with Gasteiger partial charge < -0.3 is 15.7 Å². The van der Waals surface area contributed by atoms with Gasteiger partial charge in [0.15, 0.2) is 0 Å². The number of aromatic nitrogens is 1. The fourth-order valence-electron chi connectivity index (χ4n) is 2.90. The van der Waals surface area contributed by atoms with Crippen LogP contribution in [-0.2, 0) is 0 Å². The number of phenols is 1.